The minimum absolute atomic E-state index is 0.0853. The molecule has 26 heavy (non-hydrogen) atoms. The molecule has 0 aliphatic carbocycles. The summed E-state index contributed by atoms with van der Waals surface area (Å²) < 4.78 is 14.2. The number of benzene rings is 2. The van der Waals surface area contributed by atoms with Gasteiger partial charge < -0.3 is 4.90 Å². The predicted molar refractivity (Wildman–Crippen MR) is 104 cm³/mol. The second kappa shape index (κ2) is 7.00. The summed E-state index contributed by atoms with van der Waals surface area (Å²) in [5.74, 6) is -0.0853. The minimum Gasteiger partial charge on any atom is -0.347 e. The number of rotatable bonds is 4. The molecule has 4 rings (SSSR count). The first-order valence-electron chi connectivity index (χ1n) is 8.70. The summed E-state index contributed by atoms with van der Waals surface area (Å²) in [4.78, 5) is 14.9. The molecule has 1 aliphatic rings. The van der Waals surface area contributed by atoms with Gasteiger partial charge in [-0.15, -0.1) is 0 Å². The van der Waals surface area contributed by atoms with Crippen molar-refractivity contribution in [3.05, 3.63) is 84.7 Å². The molecule has 0 bridgehead atoms. The van der Waals surface area contributed by atoms with Crippen LogP contribution in [-0.2, 0) is 0 Å². The third-order valence-electron chi connectivity index (χ3n) is 4.61. The number of allylic oxidation sites excluding steroid dienone is 3. The van der Waals surface area contributed by atoms with Crippen molar-refractivity contribution >= 4 is 28.1 Å². The average molecular weight is 346 g/mol. The van der Waals surface area contributed by atoms with Crippen molar-refractivity contribution in [2.24, 2.45) is 0 Å². The van der Waals surface area contributed by atoms with Gasteiger partial charge >= 0.3 is 0 Å². The Labute approximate surface area is 151 Å². The highest BCUT2D eigenvalue weighted by molar-refractivity contribution is 6.05. The Morgan fingerprint density at radius 1 is 1.04 bits per heavy atom. The van der Waals surface area contributed by atoms with E-state index < -0.39 is 0 Å². The minimum atomic E-state index is -0.339. The fraction of sp³-hybridized carbons (Fsp3) is 0.136. The first-order valence-corrected chi connectivity index (χ1v) is 8.70. The quantitative estimate of drug-likeness (QED) is 0.617. The topological polar surface area (TPSA) is 25.2 Å². The van der Waals surface area contributed by atoms with E-state index in [1.807, 2.05) is 71.8 Å². The van der Waals surface area contributed by atoms with Gasteiger partial charge in [-0.2, -0.15) is 0 Å². The van der Waals surface area contributed by atoms with Crippen LogP contribution < -0.4 is 4.90 Å². The van der Waals surface area contributed by atoms with Gasteiger partial charge in [0.25, 0.3) is 5.91 Å². The Morgan fingerprint density at radius 3 is 2.73 bits per heavy atom. The first-order chi connectivity index (χ1) is 12.8. The molecule has 0 unspecified atom stereocenters. The lowest BCUT2D eigenvalue weighted by Crippen LogP contribution is -2.21. The van der Waals surface area contributed by atoms with E-state index >= 15 is 0 Å². The Balaban J connectivity index is 1.70. The lowest BCUT2D eigenvalue weighted by atomic mass is 9.99. The zero-order valence-corrected chi connectivity index (χ0v) is 14.3. The van der Waals surface area contributed by atoms with Gasteiger partial charge in [-0.05, 0) is 36.3 Å². The number of aromatic nitrogens is 1. The third-order valence-corrected chi connectivity index (χ3v) is 4.61. The summed E-state index contributed by atoms with van der Waals surface area (Å²) in [6, 6.07) is 17.7. The predicted octanol–water partition coefficient (Wildman–Crippen LogP) is 5.06. The van der Waals surface area contributed by atoms with Gasteiger partial charge in [0.1, 0.15) is 0 Å². The highest BCUT2D eigenvalue weighted by atomic mass is 19.1. The number of carbonyl (C=O) groups is 1. The zero-order valence-electron chi connectivity index (χ0n) is 14.3. The van der Waals surface area contributed by atoms with Gasteiger partial charge in [0.15, 0.2) is 0 Å². The summed E-state index contributed by atoms with van der Waals surface area (Å²) in [5, 5.41) is 1.04. The summed E-state index contributed by atoms with van der Waals surface area (Å²) in [7, 11) is 0. The number of alkyl halides is 1. The number of halogens is 1. The van der Waals surface area contributed by atoms with Gasteiger partial charge in [0, 0.05) is 41.7 Å². The van der Waals surface area contributed by atoms with E-state index in [2.05, 4.69) is 0 Å². The van der Waals surface area contributed by atoms with Crippen molar-refractivity contribution in [3.8, 4) is 0 Å². The molecule has 0 saturated carbocycles. The lowest BCUT2D eigenvalue weighted by Gasteiger charge is -2.27. The fourth-order valence-electron chi connectivity index (χ4n) is 3.34. The molecule has 3 aromatic rings. The Bertz CT molecular complexity index is 1020. The molecule has 2 heterocycles. The van der Waals surface area contributed by atoms with Gasteiger partial charge in [0.2, 0.25) is 0 Å². The van der Waals surface area contributed by atoms with Crippen LogP contribution in [0.3, 0.4) is 0 Å². The third kappa shape index (κ3) is 2.94. The maximum atomic E-state index is 12.8. The number of carbonyl (C=O) groups excluding carboxylic acids is 1. The highest BCUT2D eigenvalue weighted by Gasteiger charge is 2.17. The summed E-state index contributed by atoms with van der Waals surface area (Å²) in [6.45, 7) is 0.280. The Kier molecular flexibility index (Phi) is 4.40. The lowest BCUT2D eigenvalue weighted by molar-refractivity contribution is 0.0974. The highest BCUT2D eigenvalue weighted by Crippen LogP contribution is 2.33. The molecule has 3 nitrogen and oxygen atoms in total. The van der Waals surface area contributed by atoms with Crippen LogP contribution in [-0.4, -0.2) is 23.7 Å². The molecule has 0 amide bonds. The number of fused-ring (bicyclic) bond motifs is 2. The van der Waals surface area contributed by atoms with Crippen molar-refractivity contribution in [1.82, 2.24) is 4.57 Å². The Hall–Kier alpha value is -3.14. The first kappa shape index (κ1) is 16.3. The molecule has 0 spiro atoms. The standard InChI is InChI=1S/C22H19FN2O/c23-12-5-13-24-14-10-18(19-7-2-4-9-21(19)24)16-22(26)25-15-11-17-6-1-3-8-20(17)25/h1-4,6-11,14-16H,5,12-13H2/b18-16+. The second-order valence-electron chi connectivity index (χ2n) is 6.25. The van der Waals surface area contributed by atoms with E-state index in [9.17, 15) is 9.18 Å². The molecule has 0 atom stereocenters. The number of hydrogen-bond donors (Lipinski definition) is 0. The van der Waals surface area contributed by atoms with E-state index in [1.165, 1.54) is 0 Å². The monoisotopic (exact) mass is 346 g/mol. The van der Waals surface area contributed by atoms with E-state index in [1.54, 1.807) is 16.8 Å². The van der Waals surface area contributed by atoms with Gasteiger partial charge in [0.05, 0.1) is 12.2 Å². The van der Waals surface area contributed by atoms with Crippen LogP contribution in [0.25, 0.3) is 16.5 Å². The van der Waals surface area contributed by atoms with Crippen LogP contribution in [0.5, 0.6) is 0 Å². The second-order valence-corrected chi connectivity index (χ2v) is 6.25. The van der Waals surface area contributed by atoms with Crippen LogP contribution in [0.15, 0.2) is 79.1 Å². The number of hydrogen-bond acceptors (Lipinski definition) is 2. The van der Waals surface area contributed by atoms with E-state index in [0.717, 1.165) is 27.7 Å². The largest absolute Gasteiger partial charge is 0.347 e. The van der Waals surface area contributed by atoms with E-state index in [-0.39, 0.29) is 12.6 Å². The van der Waals surface area contributed by atoms with Crippen molar-refractivity contribution in [2.45, 2.75) is 6.42 Å². The smallest absolute Gasteiger partial charge is 0.255 e. The molecule has 130 valence electrons. The van der Waals surface area contributed by atoms with Gasteiger partial charge in [-0.1, -0.05) is 36.4 Å². The number of anilines is 1. The molecule has 0 N–H and O–H groups in total. The Morgan fingerprint density at radius 2 is 1.85 bits per heavy atom. The molecule has 2 aromatic carbocycles. The van der Waals surface area contributed by atoms with E-state index in [0.29, 0.717) is 13.0 Å². The van der Waals surface area contributed by atoms with Crippen molar-refractivity contribution in [3.63, 3.8) is 0 Å². The van der Waals surface area contributed by atoms with Gasteiger partial charge in [-0.25, -0.2) is 0 Å². The molecule has 0 radical (unpaired) electrons. The van der Waals surface area contributed by atoms with Crippen molar-refractivity contribution < 1.29 is 9.18 Å². The van der Waals surface area contributed by atoms with Crippen molar-refractivity contribution in [2.75, 3.05) is 18.1 Å². The van der Waals surface area contributed by atoms with Crippen LogP contribution in [0.2, 0.25) is 0 Å². The number of para-hydroxylation sites is 2. The maximum absolute atomic E-state index is 12.8. The zero-order chi connectivity index (χ0) is 17.9. The number of nitrogens with zero attached hydrogens (tertiary/aromatic N) is 2. The fourth-order valence-corrected chi connectivity index (χ4v) is 3.34. The van der Waals surface area contributed by atoms with Crippen LogP contribution >= 0.6 is 0 Å². The normalized spacial score (nSPS) is 14.8. The summed E-state index contributed by atoms with van der Waals surface area (Å²) >= 11 is 0. The SMILES string of the molecule is O=C(/C=C1\C=CN(CCCF)c2ccccc21)n1ccc2ccccc21. The van der Waals surface area contributed by atoms with E-state index in [4.69, 9.17) is 0 Å². The van der Waals surface area contributed by atoms with Crippen molar-refractivity contribution in [1.29, 1.82) is 0 Å². The maximum Gasteiger partial charge on any atom is 0.255 e. The van der Waals surface area contributed by atoms with Crippen LogP contribution in [0, 0.1) is 0 Å². The van der Waals surface area contributed by atoms with Gasteiger partial charge in [-0.3, -0.25) is 13.8 Å². The molecule has 0 saturated heterocycles. The molecular formula is C22H19FN2O. The molecule has 4 heteroatoms. The summed E-state index contributed by atoms with van der Waals surface area (Å²) in [6.07, 6.45) is 7.78. The molecule has 1 aliphatic heterocycles. The molecular weight excluding hydrogens is 327 g/mol. The molecule has 0 fully saturated rings. The van der Waals surface area contributed by atoms with Crippen LogP contribution in [0.1, 0.15) is 16.8 Å². The molecule has 1 aromatic heterocycles. The summed E-state index contributed by atoms with van der Waals surface area (Å²) in [5.41, 5.74) is 3.74. The van der Waals surface area contributed by atoms with Crippen LogP contribution in [0.4, 0.5) is 10.1 Å². The average Bonchev–Trinajstić information content (AvgIpc) is 3.11.